The van der Waals surface area contributed by atoms with Crippen LogP contribution in [-0.4, -0.2) is 80.9 Å². The Morgan fingerprint density at radius 1 is 1.00 bits per heavy atom. The second-order valence-electron chi connectivity index (χ2n) is 6.48. The number of rotatable bonds is 9. The number of hydrogen-bond donors (Lipinski definition) is 0. The van der Waals surface area contributed by atoms with Crippen LogP contribution in [0.2, 0.25) is 0 Å². The first kappa shape index (κ1) is 22.8. The van der Waals surface area contributed by atoms with Crippen molar-refractivity contribution in [1.29, 1.82) is 0 Å². The molecule has 1 aromatic carbocycles. The van der Waals surface area contributed by atoms with Crippen molar-refractivity contribution < 1.29 is 37.0 Å². The van der Waals surface area contributed by atoms with Gasteiger partial charge in [-0.05, 0) is 30.7 Å². The predicted molar refractivity (Wildman–Crippen MR) is 97.8 cm³/mol. The molecule has 0 aromatic heterocycles. The monoisotopic (exact) mass is 418 g/mol. The van der Waals surface area contributed by atoms with Crippen LogP contribution in [0.4, 0.5) is 13.2 Å². The van der Waals surface area contributed by atoms with Gasteiger partial charge in [0.1, 0.15) is 18.1 Å². The second kappa shape index (κ2) is 10.9. The highest BCUT2D eigenvalue weighted by atomic mass is 19.4. The van der Waals surface area contributed by atoms with E-state index in [1.54, 1.807) is 31.4 Å². The van der Waals surface area contributed by atoms with Crippen LogP contribution in [0.3, 0.4) is 0 Å². The molecule has 1 aliphatic heterocycles. The van der Waals surface area contributed by atoms with E-state index in [0.29, 0.717) is 38.4 Å². The number of hydrogen-bond acceptors (Lipinski definition) is 6. The Balaban J connectivity index is 1.53. The molecule has 1 aliphatic rings. The molecule has 0 spiro atoms. The van der Waals surface area contributed by atoms with Gasteiger partial charge in [0.15, 0.2) is 0 Å². The summed E-state index contributed by atoms with van der Waals surface area (Å²) >= 11 is 0. The molecule has 0 unspecified atom stereocenters. The van der Waals surface area contributed by atoms with Crippen molar-refractivity contribution in [2.75, 3.05) is 53.0 Å². The highest BCUT2D eigenvalue weighted by Gasteiger charge is 2.43. The fourth-order valence-electron chi connectivity index (χ4n) is 2.79. The summed E-state index contributed by atoms with van der Waals surface area (Å²) < 4.78 is 52.9. The number of carbonyl (C=O) groups excluding carboxylic acids is 2. The molecular weight excluding hydrogens is 393 g/mol. The van der Waals surface area contributed by atoms with Gasteiger partial charge in [-0.3, -0.25) is 14.5 Å². The third kappa shape index (κ3) is 7.80. The molecule has 29 heavy (non-hydrogen) atoms. The van der Waals surface area contributed by atoms with E-state index < -0.39 is 12.1 Å². The maximum absolute atomic E-state index is 12.4. The lowest BCUT2D eigenvalue weighted by Crippen LogP contribution is -2.52. The molecule has 0 N–H and O–H groups in total. The molecule has 0 saturated carbocycles. The van der Waals surface area contributed by atoms with Gasteiger partial charge < -0.3 is 19.1 Å². The van der Waals surface area contributed by atoms with Crippen LogP contribution in [0.15, 0.2) is 24.3 Å². The van der Waals surface area contributed by atoms with E-state index in [1.807, 2.05) is 4.90 Å². The molecule has 0 radical (unpaired) electrons. The third-order valence-corrected chi connectivity index (χ3v) is 4.43. The molecule has 0 aliphatic carbocycles. The highest BCUT2D eigenvalue weighted by molar-refractivity contribution is 5.81. The lowest BCUT2D eigenvalue weighted by Gasteiger charge is -2.34. The van der Waals surface area contributed by atoms with Crippen LogP contribution in [0, 0.1) is 0 Å². The minimum Gasteiger partial charge on any atom is -0.497 e. The molecule has 7 nitrogen and oxygen atoms in total. The Labute approximate surface area is 167 Å². The third-order valence-electron chi connectivity index (χ3n) is 4.43. The van der Waals surface area contributed by atoms with Crippen LogP contribution >= 0.6 is 0 Å². The summed E-state index contributed by atoms with van der Waals surface area (Å²) in [5.41, 5.74) is 0. The Hall–Kier alpha value is -2.49. The van der Waals surface area contributed by atoms with Gasteiger partial charge in [-0.1, -0.05) is 0 Å². The SMILES string of the molecule is COc1ccc(OCCCC(=O)OCCN2CCN(C(=O)C(F)(F)F)CC2)cc1. The van der Waals surface area contributed by atoms with Gasteiger partial charge in [0.05, 0.1) is 13.7 Å². The summed E-state index contributed by atoms with van der Waals surface area (Å²) in [6.45, 7) is 1.60. The topological polar surface area (TPSA) is 68.3 Å². The fourth-order valence-corrected chi connectivity index (χ4v) is 2.79. The Morgan fingerprint density at radius 3 is 2.21 bits per heavy atom. The molecule has 10 heteroatoms. The number of halogens is 3. The average molecular weight is 418 g/mol. The summed E-state index contributed by atoms with van der Waals surface area (Å²) in [6, 6.07) is 7.11. The lowest BCUT2D eigenvalue weighted by molar-refractivity contribution is -0.187. The Morgan fingerprint density at radius 2 is 1.62 bits per heavy atom. The normalized spacial score (nSPS) is 15.1. The van der Waals surface area contributed by atoms with Crippen LogP contribution < -0.4 is 9.47 Å². The van der Waals surface area contributed by atoms with E-state index in [1.165, 1.54) is 0 Å². The molecule has 162 valence electrons. The minimum absolute atomic E-state index is 0.00892. The highest BCUT2D eigenvalue weighted by Crippen LogP contribution is 2.19. The number of ether oxygens (including phenoxy) is 3. The molecule has 1 aromatic rings. The van der Waals surface area contributed by atoms with Crippen LogP contribution in [-0.2, 0) is 14.3 Å². The van der Waals surface area contributed by atoms with E-state index in [2.05, 4.69) is 0 Å². The zero-order valence-electron chi connectivity index (χ0n) is 16.2. The molecular formula is C19H25F3N2O5. The van der Waals surface area contributed by atoms with E-state index in [-0.39, 0.29) is 32.1 Å². The number of benzene rings is 1. The molecule has 1 heterocycles. The summed E-state index contributed by atoms with van der Waals surface area (Å²) in [5.74, 6) is -0.744. The molecule has 0 atom stereocenters. The van der Waals surface area contributed by atoms with Gasteiger partial charge in [-0.2, -0.15) is 13.2 Å². The first-order valence-corrected chi connectivity index (χ1v) is 9.30. The van der Waals surface area contributed by atoms with E-state index in [0.717, 1.165) is 10.6 Å². The maximum Gasteiger partial charge on any atom is 0.471 e. The summed E-state index contributed by atoms with van der Waals surface area (Å²) in [7, 11) is 1.58. The van der Waals surface area contributed by atoms with Gasteiger partial charge in [0.25, 0.3) is 0 Å². The van der Waals surface area contributed by atoms with Gasteiger partial charge in [0.2, 0.25) is 0 Å². The molecule has 0 bridgehead atoms. The molecule has 1 fully saturated rings. The number of nitrogens with zero attached hydrogens (tertiary/aromatic N) is 2. The van der Waals surface area contributed by atoms with Gasteiger partial charge in [0, 0.05) is 39.1 Å². The van der Waals surface area contributed by atoms with Crippen molar-refractivity contribution in [1.82, 2.24) is 9.80 Å². The van der Waals surface area contributed by atoms with E-state index in [9.17, 15) is 22.8 Å². The zero-order valence-corrected chi connectivity index (χ0v) is 16.2. The summed E-state index contributed by atoms with van der Waals surface area (Å²) in [4.78, 5) is 25.6. The predicted octanol–water partition coefficient (Wildman–Crippen LogP) is 2.10. The second-order valence-corrected chi connectivity index (χ2v) is 6.48. The fraction of sp³-hybridized carbons (Fsp3) is 0.579. The van der Waals surface area contributed by atoms with Gasteiger partial charge in [-0.15, -0.1) is 0 Å². The van der Waals surface area contributed by atoms with Gasteiger partial charge >= 0.3 is 18.1 Å². The standard InChI is InChI=1S/C19H25F3N2O5/c1-27-15-4-6-16(7-5-15)28-13-2-3-17(25)29-14-12-23-8-10-24(11-9-23)18(26)19(20,21)22/h4-7H,2-3,8-14H2,1H3. The van der Waals surface area contributed by atoms with E-state index in [4.69, 9.17) is 14.2 Å². The average Bonchev–Trinajstić information content (AvgIpc) is 2.71. The Kier molecular flexibility index (Phi) is 8.56. The van der Waals surface area contributed by atoms with Gasteiger partial charge in [-0.25, -0.2) is 0 Å². The quantitative estimate of drug-likeness (QED) is 0.452. The van der Waals surface area contributed by atoms with Crippen LogP contribution in [0.25, 0.3) is 0 Å². The number of methoxy groups -OCH3 is 1. The summed E-state index contributed by atoms with van der Waals surface area (Å²) in [5, 5.41) is 0. The van der Waals surface area contributed by atoms with Crippen molar-refractivity contribution in [3.63, 3.8) is 0 Å². The number of piperazine rings is 1. The number of esters is 1. The number of amides is 1. The number of carbonyl (C=O) groups is 2. The zero-order chi connectivity index (χ0) is 21.3. The van der Waals surface area contributed by atoms with Crippen LogP contribution in [0.5, 0.6) is 11.5 Å². The lowest BCUT2D eigenvalue weighted by atomic mass is 10.3. The van der Waals surface area contributed by atoms with Crippen molar-refractivity contribution in [3.05, 3.63) is 24.3 Å². The maximum atomic E-state index is 12.4. The molecule has 1 amide bonds. The van der Waals surface area contributed by atoms with Crippen molar-refractivity contribution >= 4 is 11.9 Å². The first-order valence-electron chi connectivity index (χ1n) is 9.30. The number of alkyl halides is 3. The van der Waals surface area contributed by atoms with Crippen molar-refractivity contribution in [2.24, 2.45) is 0 Å². The smallest absolute Gasteiger partial charge is 0.471 e. The van der Waals surface area contributed by atoms with Crippen LogP contribution in [0.1, 0.15) is 12.8 Å². The first-order chi connectivity index (χ1) is 13.8. The molecule has 1 saturated heterocycles. The van der Waals surface area contributed by atoms with Crippen molar-refractivity contribution in [2.45, 2.75) is 19.0 Å². The summed E-state index contributed by atoms with van der Waals surface area (Å²) in [6.07, 6.45) is -4.12. The van der Waals surface area contributed by atoms with E-state index >= 15 is 0 Å². The van der Waals surface area contributed by atoms with Crippen molar-refractivity contribution in [3.8, 4) is 11.5 Å². The largest absolute Gasteiger partial charge is 0.497 e. The molecule has 2 rings (SSSR count). The Bertz CT molecular complexity index is 659. The minimum atomic E-state index is -4.84.